The van der Waals surface area contributed by atoms with E-state index in [1.807, 2.05) is 6.92 Å². The average molecular weight is 297 g/mol. The molecule has 2 N–H and O–H groups in total. The molecule has 0 aliphatic rings. The largest absolute Gasteiger partial charge is 0.313 e. The number of hydrogen-bond donors (Lipinski definition) is 2. The van der Waals surface area contributed by atoms with E-state index in [4.69, 9.17) is 0 Å². The SMILES string of the molecule is CCNCc1cn[nH]c1-c1ccc(S(C)(=O)=O)c(F)c1. The van der Waals surface area contributed by atoms with Gasteiger partial charge in [0.05, 0.1) is 11.9 Å². The van der Waals surface area contributed by atoms with Crippen molar-refractivity contribution in [1.29, 1.82) is 0 Å². The fraction of sp³-hybridized carbons (Fsp3) is 0.308. The van der Waals surface area contributed by atoms with Crippen LogP contribution in [0, 0.1) is 5.82 Å². The molecule has 108 valence electrons. The van der Waals surface area contributed by atoms with E-state index in [0.717, 1.165) is 18.4 Å². The van der Waals surface area contributed by atoms with E-state index in [-0.39, 0.29) is 4.90 Å². The van der Waals surface area contributed by atoms with E-state index in [1.165, 1.54) is 12.1 Å². The molecule has 0 amide bonds. The number of benzene rings is 1. The molecule has 7 heteroatoms. The predicted molar refractivity (Wildman–Crippen MR) is 74.5 cm³/mol. The molecule has 0 bridgehead atoms. The van der Waals surface area contributed by atoms with Gasteiger partial charge in [0.2, 0.25) is 0 Å². The Balaban J connectivity index is 2.40. The maximum Gasteiger partial charge on any atom is 0.178 e. The molecule has 1 aromatic heterocycles. The molecule has 0 radical (unpaired) electrons. The third kappa shape index (κ3) is 3.05. The molecule has 1 heterocycles. The molecule has 20 heavy (non-hydrogen) atoms. The summed E-state index contributed by atoms with van der Waals surface area (Å²) >= 11 is 0. The van der Waals surface area contributed by atoms with Crippen LogP contribution in [0.3, 0.4) is 0 Å². The standard InChI is InChI=1S/C13H16FN3O2S/c1-3-15-7-10-8-16-17-13(10)9-4-5-12(11(14)6-9)20(2,18)19/h4-6,8,15H,3,7H2,1-2H3,(H,16,17). The number of halogens is 1. The number of nitrogens with one attached hydrogen (secondary N) is 2. The zero-order chi connectivity index (χ0) is 14.8. The van der Waals surface area contributed by atoms with E-state index < -0.39 is 15.7 Å². The Morgan fingerprint density at radius 2 is 2.15 bits per heavy atom. The first-order valence-electron chi connectivity index (χ1n) is 6.16. The Bertz CT molecular complexity index is 710. The molecule has 1 aromatic carbocycles. The van der Waals surface area contributed by atoms with Crippen LogP contribution >= 0.6 is 0 Å². The van der Waals surface area contributed by atoms with Crippen LogP contribution in [0.25, 0.3) is 11.3 Å². The first-order chi connectivity index (χ1) is 9.43. The molecule has 0 aliphatic carbocycles. The summed E-state index contributed by atoms with van der Waals surface area (Å²) in [6.07, 6.45) is 2.65. The Morgan fingerprint density at radius 3 is 2.75 bits per heavy atom. The summed E-state index contributed by atoms with van der Waals surface area (Å²) in [6, 6.07) is 4.06. The lowest BCUT2D eigenvalue weighted by molar-refractivity contribution is 0.571. The fourth-order valence-corrected chi connectivity index (χ4v) is 2.64. The van der Waals surface area contributed by atoms with Crippen molar-refractivity contribution >= 4 is 9.84 Å². The summed E-state index contributed by atoms with van der Waals surface area (Å²) in [7, 11) is -3.56. The Hall–Kier alpha value is -1.73. The number of hydrogen-bond acceptors (Lipinski definition) is 4. The van der Waals surface area contributed by atoms with E-state index in [0.29, 0.717) is 17.8 Å². The van der Waals surface area contributed by atoms with Crippen LogP contribution in [-0.4, -0.2) is 31.4 Å². The zero-order valence-electron chi connectivity index (χ0n) is 11.3. The lowest BCUT2D eigenvalue weighted by Gasteiger charge is -2.06. The molecule has 0 saturated heterocycles. The van der Waals surface area contributed by atoms with Crippen LogP contribution in [0.2, 0.25) is 0 Å². The van der Waals surface area contributed by atoms with Crippen molar-refractivity contribution < 1.29 is 12.8 Å². The van der Waals surface area contributed by atoms with E-state index in [9.17, 15) is 12.8 Å². The van der Waals surface area contributed by atoms with Gasteiger partial charge in [-0.15, -0.1) is 0 Å². The maximum absolute atomic E-state index is 13.9. The third-order valence-corrected chi connectivity index (χ3v) is 4.03. The number of aromatic amines is 1. The van der Waals surface area contributed by atoms with Gasteiger partial charge in [-0.1, -0.05) is 13.0 Å². The van der Waals surface area contributed by atoms with Crippen molar-refractivity contribution in [3.63, 3.8) is 0 Å². The molecule has 0 fully saturated rings. The number of rotatable bonds is 5. The van der Waals surface area contributed by atoms with Crippen LogP contribution in [-0.2, 0) is 16.4 Å². The number of aromatic nitrogens is 2. The number of sulfone groups is 1. The first kappa shape index (κ1) is 14.7. The van der Waals surface area contributed by atoms with Gasteiger partial charge in [0.15, 0.2) is 9.84 Å². The molecule has 0 unspecified atom stereocenters. The smallest absolute Gasteiger partial charge is 0.178 e. The fourth-order valence-electron chi connectivity index (χ4n) is 1.91. The topological polar surface area (TPSA) is 74.8 Å². The van der Waals surface area contributed by atoms with Gasteiger partial charge in [-0.2, -0.15) is 5.10 Å². The highest BCUT2D eigenvalue weighted by Crippen LogP contribution is 2.25. The van der Waals surface area contributed by atoms with Crippen molar-refractivity contribution in [3.05, 3.63) is 35.8 Å². The summed E-state index contributed by atoms with van der Waals surface area (Å²) in [4.78, 5) is -0.297. The molecule has 2 aromatic rings. The molecule has 5 nitrogen and oxygen atoms in total. The zero-order valence-corrected chi connectivity index (χ0v) is 12.1. The van der Waals surface area contributed by atoms with Gasteiger partial charge >= 0.3 is 0 Å². The molecule has 2 rings (SSSR count). The third-order valence-electron chi connectivity index (χ3n) is 2.90. The monoisotopic (exact) mass is 297 g/mol. The Morgan fingerprint density at radius 1 is 1.40 bits per heavy atom. The maximum atomic E-state index is 13.9. The first-order valence-corrected chi connectivity index (χ1v) is 8.05. The van der Waals surface area contributed by atoms with Gasteiger partial charge in [-0.3, -0.25) is 5.10 Å². The van der Waals surface area contributed by atoms with Gasteiger partial charge in [0.1, 0.15) is 10.7 Å². The lowest BCUT2D eigenvalue weighted by atomic mass is 10.1. The highest BCUT2D eigenvalue weighted by atomic mass is 32.2. The quantitative estimate of drug-likeness (QED) is 0.881. The Labute approximate surface area is 117 Å². The molecular formula is C13H16FN3O2S. The second kappa shape index (κ2) is 5.72. The van der Waals surface area contributed by atoms with Gasteiger partial charge in [-0.05, 0) is 18.7 Å². The molecule has 0 spiro atoms. The summed E-state index contributed by atoms with van der Waals surface area (Å²) < 4.78 is 36.7. The number of H-pyrrole nitrogens is 1. The highest BCUT2D eigenvalue weighted by molar-refractivity contribution is 7.90. The minimum atomic E-state index is -3.56. The highest BCUT2D eigenvalue weighted by Gasteiger charge is 2.16. The minimum absolute atomic E-state index is 0.297. The van der Waals surface area contributed by atoms with Crippen LogP contribution < -0.4 is 5.32 Å². The second-order valence-corrected chi connectivity index (χ2v) is 6.45. The Kier molecular flexibility index (Phi) is 4.20. The van der Waals surface area contributed by atoms with Gasteiger partial charge in [0.25, 0.3) is 0 Å². The van der Waals surface area contributed by atoms with Gasteiger partial charge < -0.3 is 5.32 Å². The van der Waals surface area contributed by atoms with Crippen molar-refractivity contribution in [2.45, 2.75) is 18.4 Å². The van der Waals surface area contributed by atoms with Gasteiger partial charge in [-0.25, -0.2) is 12.8 Å². The van der Waals surface area contributed by atoms with Crippen molar-refractivity contribution in [3.8, 4) is 11.3 Å². The van der Waals surface area contributed by atoms with E-state index in [1.54, 1.807) is 12.3 Å². The van der Waals surface area contributed by atoms with Crippen LogP contribution in [0.4, 0.5) is 4.39 Å². The average Bonchev–Trinajstić information content (AvgIpc) is 2.82. The lowest BCUT2D eigenvalue weighted by Crippen LogP contribution is -2.11. The van der Waals surface area contributed by atoms with Crippen LogP contribution in [0.1, 0.15) is 12.5 Å². The molecule has 0 atom stereocenters. The van der Waals surface area contributed by atoms with E-state index in [2.05, 4.69) is 15.5 Å². The van der Waals surface area contributed by atoms with Crippen molar-refractivity contribution in [1.82, 2.24) is 15.5 Å². The van der Waals surface area contributed by atoms with Crippen LogP contribution in [0.15, 0.2) is 29.3 Å². The van der Waals surface area contributed by atoms with Crippen LogP contribution in [0.5, 0.6) is 0 Å². The number of nitrogens with zero attached hydrogens (tertiary/aromatic N) is 1. The summed E-state index contributed by atoms with van der Waals surface area (Å²) in [5.74, 6) is -0.756. The van der Waals surface area contributed by atoms with Gasteiger partial charge in [0, 0.05) is 23.9 Å². The molecule has 0 saturated carbocycles. The summed E-state index contributed by atoms with van der Waals surface area (Å²) in [5.41, 5.74) is 2.16. The molecular weight excluding hydrogens is 281 g/mol. The minimum Gasteiger partial charge on any atom is -0.313 e. The summed E-state index contributed by atoms with van der Waals surface area (Å²) in [6.45, 7) is 3.41. The molecule has 0 aliphatic heterocycles. The van der Waals surface area contributed by atoms with E-state index >= 15 is 0 Å². The normalized spacial score (nSPS) is 11.8. The van der Waals surface area contributed by atoms with Crippen molar-refractivity contribution in [2.75, 3.05) is 12.8 Å². The van der Waals surface area contributed by atoms with Crippen molar-refractivity contribution in [2.24, 2.45) is 0 Å². The second-order valence-electron chi connectivity index (χ2n) is 4.47. The summed E-state index contributed by atoms with van der Waals surface area (Å²) in [5, 5.41) is 9.92. The predicted octanol–water partition coefficient (Wildman–Crippen LogP) is 1.73.